The van der Waals surface area contributed by atoms with Crippen LogP contribution in [0.15, 0.2) is 0 Å². The molecular formula is C10H14Br2N2O2. The van der Waals surface area contributed by atoms with Gasteiger partial charge >= 0.3 is 0 Å². The minimum Gasteiger partial charge on any atom is -0.273 e. The summed E-state index contributed by atoms with van der Waals surface area (Å²) in [5, 5.41) is 0. The molecule has 2 rings (SSSR count). The molecule has 0 aliphatic heterocycles. The fraction of sp³-hybridized carbons (Fsp3) is 0.800. The quantitative estimate of drug-likeness (QED) is 0.583. The summed E-state index contributed by atoms with van der Waals surface area (Å²) in [7, 11) is 0. The second-order valence-electron chi connectivity index (χ2n) is 5.09. The van der Waals surface area contributed by atoms with Gasteiger partial charge in [-0.05, 0) is 26.7 Å². The van der Waals surface area contributed by atoms with Crippen molar-refractivity contribution in [3.8, 4) is 0 Å². The highest BCUT2D eigenvalue weighted by Gasteiger charge is 2.57. The second kappa shape index (κ2) is 3.70. The van der Waals surface area contributed by atoms with Gasteiger partial charge in [0.05, 0.1) is 10.8 Å². The van der Waals surface area contributed by atoms with E-state index in [0.717, 1.165) is 12.8 Å². The molecule has 2 aliphatic carbocycles. The number of hydrogen-bond acceptors (Lipinski definition) is 2. The van der Waals surface area contributed by atoms with Crippen molar-refractivity contribution in [1.29, 1.82) is 0 Å². The predicted molar refractivity (Wildman–Crippen MR) is 67.2 cm³/mol. The van der Waals surface area contributed by atoms with Crippen molar-refractivity contribution >= 4 is 43.7 Å². The first kappa shape index (κ1) is 12.4. The molecule has 0 heterocycles. The highest BCUT2D eigenvalue weighted by molar-refractivity contribution is 9.10. The highest BCUT2D eigenvalue weighted by Crippen LogP contribution is 2.52. The summed E-state index contributed by atoms with van der Waals surface area (Å²) < 4.78 is 0. The Balaban J connectivity index is 1.81. The number of hydrazine groups is 1. The third-order valence-electron chi connectivity index (χ3n) is 3.60. The third-order valence-corrected chi connectivity index (χ3v) is 6.26. The summed E-state index contributed by atoms with van der Waals surface area (Å²) in [6.07, 6.45) is 1.63. The van der Waals surface area contributed by atoms with Gasteiger partial charge in [-0.1, -0.05) is 31.9 Å². The van der Waals surface area contributed by atoms with Crippen molar-refractivity contribution in [3.63, 3.8) is 0 Å². The van der Waals surface area contributed by atoms with E-state index < -0.39 is 0 Å². The molecule has 0 bridgehead atoms. The van der Waals surface area contributed by atoms with Gasteiger partial charge in [-0.3, -0.25) is 20.4 Å². The number of alkyl halides is 2. The van der Waals surface area contributed by atoms with E-state index in [1.165, 1.54) is 0 Å². The lowest BCUT2D eigenvalue weighted by Crippen LogP contribution is -2.48. The minimum absolute atomic E-state index is 0.127. The van der Waals surface area contributed by atoms with Gasteiger partial charge in [-0.2, -0.15) is 0 Å². The van der Waals surface area contributed by atoms with Gasteiger partial charge in [0.15, 0.2) is 0 Å². The Hall–Kier alpha value is -0.100. The van der Waals surface area contributed by atoms with Crippen LogP contribution in [0.1, 0.15) is 26.7 Å². The number of rotatable bonds is 2. The van der Waals surface area contributed by atoms with Crippen molar-refractivity contribution in [2.24, 2.45) is 10.8 Å². The lowest BCUT2D eigenvalue weighted by molar-refractivity contribution is -0.133. The molecular weight excluding hydrogens is 340 g/mol. The van der Waals surface area contributed by atoms with Crippen LogP contribution >= 0.6 is 31.9 Å². The van der Waals surface area contributed by atoms with Crippen LogP contribution in [-0.4, -0.2) is 21.5 Å². The van der Waals surface area contributed by atoms with Gasteiger partial charge in [0.25, 0.3) is 0 Å². The number of amides is 2. The van der Waals surface area contributed by atoms with Gasteiger partial charge < -0.3 is 0 Å². The van der Waals surface area contributed by atoms with E-state index in [-0.39, 0.29) is 32.3 Å². The van der Waals surface area contributed by atoms with E-state index in [2.05, 4.69) is 42.7 Å². The zero-order valence-electron chi connectivity index (χ0n) is 9.14. The summed E-state index contributed by atoms with van der Waals surface area (Å²) in [5.41, 5.74) is 4.25. The monoisotopic (exact) mass is 352 g/mol. The largest absolute Gasteiger partial charge is 0.273 e. The molecule has 0 radical (unpaired) electrons. The Kier molecular flexibility index (Phi) is 2.86. The van der Waals surface area contributed by atoms with Gasteiger partial charge in [-0.15, -0.1) is 0 Å². The molecule has 2 aliphatic rings. The zero-order chi connectivity index (χ0) is 12.1. The molecule has 90 valence electrons. The van der Waals surface area contributed by atoms with Crippen LogP contribution in [0.2, 0.25) is 0 Å². The molecule has 0 unspecified atom stereocenters. The summed E-state index contributed by atoms with van der Waals surface area (Å²) in [6.45, 7) is 3.75. The van der Waals surface area contributed by atoms with Gasteiger partial charge in [0.1, 0.15) is 0 Å². The van der Waals surface area contributed by atoms with Crippen LogP contribution in [0.3, 0.4) is 0 Å². The van der Waals surface area contributed by atoms with E-state index in [1.54, 1.807) is 0 Å². The predicted octanol–water partition coefficient (Wildman–Crippen LogP) is 1.48. The molecule has 16 heavy (non-hydrogen) atoms. The molecule has 6 heteroatoms. The van der Waals surface area contributed by atoms with Crippen LogP contribution in [0.4, 0.5) is 0 Å². The van der Waals surface area contributed by atoms with Crippen molar-refractivity contribution < 1.29 is 9.59 Å². The SMILES string of the molecule is C[C@]1(C(=O)NNC(=O)[C@@]2(C)C[C@@H]2Br)C[C@@H]1Br. The van der Waals surface area contributed by atoms with E-state index in [1.807, 2.05) is 13.8 Å². The van der Waals surface area contributed by atoms with E-state index in [9.17, 15) is 9.59 Å². The number of halogens is 2. The normalized spacial score (nSPS) is 44.8. The fourth-order valence-corrected chi connectivity index (χ4v) is 3.26. The Morgan fingerprint density at radius 3 is 1.44 bits per heavy atom. The Morgan fingerprint density at radius 1 is 1.00 bits per heavy atom. The summed E-state index contributed by atoms with van der Waals surface area (Å²) in [6, 6.07) is 0. The van der Waals surface area contributed by atoms with Crippen molar-refractivity contribution in [3.05, 3.63) is 0 Å². The number of hydrogen-bond donors (Lipinski definition) is 2. The van der Waals surface area contributed by atoms with Crippen LogP contribution in [0, 0.1) is 10.8 Å². The van der Waals surface area contributed by atoms with Crippen molar-refractivity contribution in [2.75, 3.05) is 0 Å². The summed E-state index contributed by atoms with van der Waals surface area (Å²) >= 11 is 6.79. The van der Waals surface area contributed by atoms with Crippen molar-refractivity contribution in [2.45, 2.75) is 36.3 Å². The molecule has 0 spiro atoms. The molecule has 4 nitrogen and oxygen atoms in total. The number of carbonyl (C=O) groups is 2. The maximum absolute atomic E-state index is 11.7. The lowest BCUT2D eigenvalue weighted by Gasteiger charge is -2.14. The average molecular weight is 354 g/mol. The minimum atomic E-state index is -0.370. The topological polar surface area (TPSA) is 58.2 Å². The second-order valence-corrected chi connectivity index (χ2v) is 7.30. The lowest BCUT2D eigenvalue weighted by atomic mass is 10.1. The average Bonchev–Trinajstić information content (AvgIpc) is 3.03. The molecule has 0 aromatic heterocycles. The molecule has 2 N–H and O–H groups in total. The van der Waals surface area contributed by atoms with E-state index in [0.29, 0.717) is 0 Å². The molecule has 2 saturated carbocycles. The van der Waals surface area contributed by atoms with Crippen LogP contribution < -0.4 is 10.9 Å². The van der Waals surface area contributed by atoms with Gasteiger partial charge in [0, 0.05) is 9.65 Å². The number of nitrogens with one attached hydrogen (secondary N) is 2. The number of carbonyl (C=O) groups excluding carboxylic acids is 2. The Labute approximate surface area is 111 Å². The first-order valence-electron chi connectivity index (χ1n) is 5.20. The maximum atomic E-state index is 11.7. The standard InChI is InChI=1S/C10H14Br2N2O2/c1-9(3-5(9)11)7(15)13-14-8(16)10(2)4-6(10)12/h5-6H,3-4H2,1-2H3,(H,13,15)(H,14,16)/t5-,6-,9-,10-/m0/s1. The van der Waals surface area contributed by atoms with Crippen LogP contribution in [-0.2, 0) is 9.59 Å². The molecule has 2 fully saturated rings. The highest BCUT2D eigenvalue weighted by atomic mass is 79.9. The van der Waals surface area contributed by atoms with E-state index in [4.69, 9.17) is 0 Å². The molecule has 0 saturated heterocycles. The van der Waals surface area contributed by atoms with Crippen LogP contribution in [0.5, 0.6) is 0 Å². The zero-order valence-corrected chi connectivity index (χ0v) is 12.3. The third kappa shape index (κ3) is 1.90. The summed E-state index contributed by atoms with van der Waals surface area (Å²) in [5.74, 6) is -0.254. The smallest absolute Gasteiger partial charge is 0.245 e. The van der Waals surface area contributed by atoms with Gasteiger partial charge in [-0.25, -0.2) is 0 Å². The fourth-order valence-electron chi connectivity index (χ4n) is 1.50. The van der Waals surface area contributed by atoms with E-state index >= 15 is 0 Å². The molecule has 0 aromatic rings. The maximum Gasteiger partial charge on any atom is 0.245 e. The molecule has 2 amide bonds. The first-order valence-corrected chi connectivity index (χ1v) is 7.03. The van der Waals surface area contributed by atoms with Crippen molar-refractivity contribution in [1.82, 2.24) is 10.9 Å². The Bertz CT molecular complexity index is 329. The summed E-state index contributed by atoms with van der Waals surface area (Å²) in [4.78, 5) is 23.8. The van der Waals surface area contributed by atoms with Gasteiger partial charge in [0.2, 0.25) is 11.8 Å². The first-order chi connectivity index (χ1) is 7.30. The Morgan fingerprint density at radius 2 is 1.25 bits per heavy atom. The molecule has 4 atom stereocenters. The van der Waals surface area contributed by atoms with Crippen LogP contribution in [0.25, 0.3) is 0 Å². The molecule has 0 aromatic carbocycles.